The van der Waals surface area contributed by atoms with Crippen LogP contribution < -0.4 is 9.47 Å². The number of carbonyl (C=O) groups is 1. The standard InChI is InChI=1S/C18H19ClO3/c1-4-12(2)22-17-11-14(7-10-16(17)21-3)18(20)13-5-8-15(19)9-6-13/h5-12H,4H2,1-3H3. The smallest absolute Gasteiger partial charge is 0.193 e. The van der Waals surface area contributed by atoms with Crippen molar-refractivity contribution in [3.63, 3.8) is 0 Å². The molecule has 0 N–H and O–H groups in total. The van der Waals surface area contributed by atoms with Crippen molar-refractivity contribution in [3.8, 4) is 11.5 Å². The van der Waals surface area contributed by atoms with Crippen LogP contribution in [-0.2, 0) is 0 Å². The summed E-state index contributed by atoms with van der Waals surface area (Å²) in [5.41, 5.74) is 1.14. The zero-order valence-corrected chi connectivity index (χ0v) is 13.7. The van der Waals surface area contributed by atoms with E-state index in [2.05, 4.69) is 0 Å². The summed E-state index contributed by atoms with van der Waals surface area (Å²) in [6.45, 7) is 4.02. The van der Waals surface area contributed by atoms with Crippen LogP contribution in [-0.4, -0.2) is 19.0 Å². The molecular formula is C18H19ClO3. The van der Waals surface area contributed by atoms with Gasteiger partial charge in [-0.05, 0) is 55.8 Å². The predicted octanol–water partition coefficient (Wildman–Crippen LogP) is 4.76. The second-order valence-electron chi connectivity index (χ2n) is 5.04. The van der Waals surface area contributed by atoms with Gasteiger partial charge in [0.1, 0.15) is 0 Å². The Hall–Kier alpha value is -2.00. The van der Waals surface area contributed by atoms with Crippen LogP contribution in [0.2, 0.25) is 5.02 Å². The summed E-state index contributed by atoms with van der Waals surface area (Å²) < 4.78 is 11.1. The Morgan fingerprint density at radius 3 is 2.32 bits per heavy atom. The van der Waals surface area contributed by atoms with E-state index in [9.17, 15) is 4.79 Å². The van der Waals surface area contributed by atoms with Gasteiger partial charge in [0, 0.05) is 16.1 Å². The van der Waals surface area contributed by atoms with E-state index < -0.39 is 0 Å². The second kappa shape index (κ2) is 7.32. The first kappa shape index (κ1) is 16.4. The fourth-order valence-electron chi connectivity index (χ4n) is 1.98. The number of ketones is 1. The largest absolute Gasteiger partial charge is 0.493 e. The molecule has 0 fully saturated rings. The highest BCUT2D eigenvalue weighted by atomic mass is 35.5. The number of carbonyl (C=O) groups excluding carboxylic acids is 1. The Morgan fingerprint density at radius 1 is 1.09 bits per heavy atom. The fourth-order valence-corrected chi connectivity index (χ4v) is 2.10. The van der Waals surface area contributed by atoms with E-state index in [1.54, 1.807) is 49.6 Å². The SMILES string of the molecule is CCC(C)Oc1cc(C(=O)c2ccc(Cl)cc2)ccc1OC. The van der Waals surface area contributed by atoms with E-state index in [-0.39, 0.29) is 11.9 Å². The highest BCUT2D eigenvalue weighted by Gasteiger charge is 2.14. The molecule has 4 heteroatoms. The molecule has 0 aromatic heterocycles. The summed E-state index contributed by atoms with van der Waals surface area (Å²) in [6, 6.07) is 12.0. The van der Waals surface area contributed by atoms with Crippen molar-refractivity contribution in [1.82, 2.24) is 0 Å². The first-order valence-electron chi connectivity index (χ1n) is 7.20. The van der Waals surface area contributed by atoms with Gasteiger partial charge < -0.3 is 9.47 Å². The van der Waals surface area contributed by atoms with E-state index in [0.717, 1.165) is 6.42 Å². The second-order valence-corrected chi connectivity index (χ2v) is 5.47. The van der Waals surface area contributed by atoms with Gasteiger partial charge in [-0.2, -0.15) is 0 Å². The maximum atomic E-state index is 12.5. The third-order valence-corrected chi connectivity index (χ3v) is 3.69. The lowest BCUT2D eigenvalue weighted by Gasteiger charge is -2.16. The van der Waals surface area contributed by atoms with Crippen molar-refractivity contribution in [2.75, 3.05) is 7.11 Å². The number of ether oxygens (including phenoxy) is 2. The number of benzene rings is 2. The molecule has 2 aromatic carbocycles. The fraction of sp³-hybridized carbons (Fsp3) is 0.278. The van der Waals surface area contributed by atoms with Crippen molar-refractivity contribution >= 4 is 17.4 Å². The molecule has 0 aliphatic carbocycles. The molecule has 0 spiro atoms. The maximum absolute atomic E-state index is 12.5. The quantitative estimate of drug-likeness (QED) is 0.720. The first-order chi connectivity index (χ1) is 10.5. The normalized spacial score (nSPS) is 11.8. The minimum Gasteiger partial charge on any atom is -0.493 e. The molecule has 0 aliphatic heterocycles. The van der Waals surface area contributed by atoms with Crippen molar-refractivity contribution in [1.29, 1.82) is 0 Å². The third-order valence-electron chi connectivity index (χ3n) is 3.44. The molecule has 0 saturated carbocycles. The van der Waals surface area contributed by atoms with Crippen LogP contribution in [0.4, 0.5) is 0 Å². The van der Waals surface area contributed by atoms with Crippen LogP contribution >= 0.6 is 11.6 Å². The molecule has 0 aliphatic rings. The van der Waals surface area contributed by atoms with Gasteiger partial charge >= 0.3 is 0 Å². The maximum Gasteiger partial charge on any atom is 0.193 e. The lowest BCUT2D eigenvalue weighted by molar-refractivity contribution is 0.103. The van der Waals surface area contributed by atoms with Crippen LogP contribution in [0.3, 0.4) is 0 Å². The molecule has 1 atom stereocenters. The van der Waals surface area contributed by atoms with E-state index in [4.69, 9.17) is 21.1 Å². The van der Waals surface area contributed by atoms with Gasteiger partial charge in [0.15, 0.2) is 17.3 Å². The Balaban J connectivity index is 2.33. The number of hydrogen-bond acceptors (Lipinski definition) is 3. The van der Waals surface area contributed by atoms with Crippen molar-refractivity contribution in [3.05, 3.63) is 58.6 Å². The van der Waals surface area contributed by atoms with Crippen LogP contribution in [0.25, 0.3) is 0 Å². The Bertz CT molecular complexity index is 650. The zero-order chi connectivity index (χ0) is 16.1. The van der Waals surface area contributed by atoms with Crippen LogP contribution in [0.1, 0.15) is 36.2 Å². The van der Waals surface area contributed by atoms with Crippen molar-refractivity contribution < 1.29 is 14.3 Å². The topological polar surface area (TPSA) is 35.5 Å². The molecule has 0 amide bonds. The minimum absolute atomic E-state index is 0.0507. The summed E-state index contributed by atoms with van der Waals surface area (Å²) in [5.74, 6) is 1.12. The van der Waals surface area contributed by atoms with Gasteiger partial charge in [-0.25, -0.2) is 0 Å². The van der Waals surface area contributed by atoms with Gasteiger partial charge in [0.2, 0.25) is 0 Å². The highest BCUT2D eigenvalue weighted by molar-refractivity contribution is 6.30. The molecule has 22 heavy (non-hydrogen) atoms. The van der Waals surface area contributed by atoms with Crippen molar-refractivity contribution in [2.45, 2.75) is 26.4 Å². The average Bonchev–Trinajstić information content (AvgIpc) is 2.54. The van der Waals surface area contributed by atoms with Gasteiger partial charge in [-0.3, -0.25) is 4.79 Å². The number of rotatable bonds is 6. The summed E-state index contributed by atoms with van der Waals surface area (Å²) in [4.78, 5) is 12.5. The predicted molar refractivity (Wildman–Crippen MR) is 88.3 cm³/mol. The number of hydrogen-bond donors (Lipinski definition) is 0. The zero-order valence-electron chi connectivity index (χ0n) is 12.9. The highest BCUT2D eigenvalue weighted by Crippen LogP contribution is 2.30. The summed E-state index contributed by atoms with van der Waals surface area (Å²) in [6.07, 6.45) is 0.924. The molecule has 1 unspecified atom stereocenters. The van der Waals surface area contributed by atoms with Crippen LogP contribution in [0.5, 0.6) is 11.5 Å². The summed E-state index contributed by atoms with van der Waals surface area (Å²) in [7, 11) is 1.58. The van der Waals surface area contributed by atoms with E-state index in [1.165, 1.54) is 0 Å². The molecular weight excluding hydrogens is 300 g/mol. The van der Waals surface area contributed by atoms with E-state index >= 15 is 0 Å². The molecule has 116 valence electrons. The minimum atomic E-state index is -0.0756. The van der Waals surface area contributed by atoms with Gasteiger partial charge in [0.05, 0.1) is 13.2 Å². The monoisotopic (exact) mass is 318 g/mol. The molecule has 0 heterocycles. The number of methoxy groups -OCH3 is 1. The summed E-state index contributed by atoms with van der Waals surface area (Å²) >= 11 is 5.85. The molecule has 0 bridgehead atoms. The van der Waals surface area contributed by atoms with E-state index in [1.807, 2.05) is 13.8 Å². The van der Waals surface area contributed by atoms with Crippen LogP contribution in [0.15, 0.2) is 42.5 Å². The molecule has 2 aromatic rings. The van der Waals surface area contributed by atoms with Gasteiger partial charge in [0.25, 0.3) is 0 Å². The molecule has 3 nitrogen and oxygen atoms in total. The first-order valence-corrected chi connectivity index (χ1v) is 7.58. The lowest BCUT2D eigenvalue weighted by atomic mass is 10.0. The Labute approximate surface area is 135 Å². The Kier molecular flexibility index (Phi) is 5.45. The molecule has 0 radical (unpaired) electrons. The molecule has 2 rings (SSSR count). The van der Waals surface area contributed by atoms with Crippen LogP contribution in [0, 0.1) is 0 Å². The third kappa shape index (κ3) is 3.80. The Morgan fingerprint density at radius 2 is 1.73 bits per heavy atom. The van der Waals surface area contributed by atoms with Gasteiger partial charge in [-0.15, -0.1) is 0 Å². The van der Waals surface area contributed by atoms with Gasteiger partial charge in [-0.1, -0.05) is 18.5 Å². The average molecular weight is 319 g/mol. The van der Waals surface area contributed by atoms with Crippen molar-refractivity contribution in [2.24, 2.45) is 0 Å². The summed E-state index contributed by atoms with van der Waals surface area (Å²) in [5, 5.41) is 0.604. The number of halogens is 1. The lowest BCUT2D eigenvalue weighted by Crippen LogP contribution is -2.11. The molecule has 0 saturated heterocycles. The van der Waals surface area contributed by atoms with E-state index in [0.29, 0.717) is 27.6 Å².